The molecule has 0 amide bonds. The lowest BCUT2D eigenvalue weighted by atomic mass is 10.1. The number of halogens is 3. The minimum Gasteiger partial charge on any atom is -0.478 e. The van der Waals surface area contributed by atoms with E-state index in [9.17, 15) is 18.0 Å². The van der Waals surface area contributed by atoms with E-state index in [0.717, 1.165) is 36.3 Å². The second-order valence-electron chi connectivity index (χ2n) is 6.71. The summed E-state index contributed by atoms with van der Waals surface area (Å²) in [4.78, 5) is 15.1. The van der Waals surface area contributed by atoms with E-state index < -0.39 is 17.7 Å². The van der Waals surface area contributed by atoms with Gasteiger partial charge in [0.25, 0.3) is 0 Å². The number of hydrogen-bond acceptors (Lipinski definition) is 3. The highest BCUT2D eigenvalue weighted by atomic mass is 19.4. The normalized spacial score (nSPS) is 12.0. The molecule has 146 valence electrons. The Morgan fingerprint density at radius 3 is 1.78 bits per heavy atom. The second kappa shape index (κ2) is 9.01. The Labute approximate surface area is 156 Å². The van der Waals surface area contributed by atoms with Crippen molar-refractivity contribution in [3.63, 3.8) is 0 Å². The van der Waals surface area contributed by atoms with Crippen LogP contribution < -0.4 is 0 Å². The number of carboxylic acids is 1. The molecule has 7 heteroatoms. The van der Waals surface area contributed by atoms with Crippen molar-refractivity contribution in [3.05, 3.63) is 70.8 Å². The molecule has 0 spiro atoms. The third-order valence-electron chi connectivity index (χ3n) is 4.16. The number of carbonyl (C=O) groups is 1. The zero-order chi connectivity index (χ0) is 20.0. The van der Waals surface area contributed by atoms with Crippen molar-refractivity contribution in [3.8, 4) is 0 Å². The number of rotatable bonds is 8. The van der Waals surface area contributed by atoms with Crippen molar-refractivity contribution >= 4 is 5.97 Å². The molecule has 2 aromatic carbocycles. The van der Waals surface area contributed by atoms with Crippen LogP contribution >= 0.6 is 0 Å². The molecule has 0 aliphatic heterocycles. The molecule has 0 saturated heterocycles. The summed E-state index contributed by atoms with van der Waals surface area (Å²) in [6.07, 6.45) is -4.34. The van der Waals surface area contributed by atoms with Gasteiger partial charge in [0.05, 0.1) is 11.1 Å². The Balaban J connectivity index is 2.10. The van der Waals surface area contributed by atoms with Crippen molar-refractivity contribution in [2.24, 2.45) is 0 Å². The first-order chi connectivity index (χ1) is 12.6. The predicted octanol–water partition coefficient (Wildman–Crippen LogP) is 3.97. The highest BCUT2D eigenvalue weighted by Crippen LogP contribution is 2.29. The number of alkyl halides is 3. The van der Waals surface area contributed by atoms with Crippen LogP contribution in [0.25, 0.3) is 0 Å². The summed E-state index contributed by atoms with van der Waals surface area (Å²) in [7, 11) is 3.91. The maximum Gasteiger partial charge on any atom is 0.416 e. The van der Waals surface area contributed by atoms with E-state index in [1.807, 2.05) is 19.0 Å². The van der Waals surface area contributed by atoms with E-state index in [1.54, 1.807) is 24.3 Å². The van der Waals surface area contributed by atoms with Gasteiger partial charge in [-0.2, -0.15) is 13.2 Å². The van der Waals surface area contributed by atoms with Crippen LogP contribution in [0.15, 0.2) is 48.5 Å². The summed E-state index contributed by atoms with van der Waals surface area (Å²) in [6, 6.07) is 11.8. The number of likely N-dealkylation sites (N-methyl/N-ethyl adjacent to an activating group) is 1. The van der Waals surface area contributed by atoms with E-state index in [-0.39, 0.29) is 5.56 Å². The first-order valence-corrected chi connectivity index (χ1v) is 8.50. The molecule has 0 fully saturated rings. The number of carboxylic acid groups (broad SMARTS) is 1. The lowest BCUT2D eigenvalue weighted by Gasteiger charge is -2.24. The van der Waals surface area contributed by atoms with Crippen molar-refractivity contribution in [2.75, 3.05) is 27.2 Å². The van der Waals surface area contributed by atoms with Crippen LogP contribution in [0.3, 0.4) is 0 Å². The minimum absolute atomic E-state index is 0.223. The standard InChI is InChI=1S/C20H23F3N2O2/c1-24(2)11-12-25(13-15-3-7-17(8-4-15)19(26)27)14-16-5-9-18(10-6-16)20(21,22)23/h3-10H,11-14H2,1-2H3,(H,26,27). The highest BCUT2D eigenvalue weighted by Gasteiger charge is 2.29. The van der Waals surface area contributed by atoms with Gasteiger partial charge >= 0.3 is 12.1 Å². The fourth-order valence-electron chi connectivity index (χ4n) is 2.62. The number of nitrogens with zero attached hydrogens (tertiary/aromatic N) is 2. The fraction of sp³-hybridized carbons (Fsp3) is 0.350. The van der Waals surface area contributed by atoms with Crippen LogP contribution in [-0.2, 0) is 19.3 Å². The Morgan fingerprint density at radius 2 is 1.37 bits per heavy atom. The van der Waals surface area contributed by atoms with Crippen molar-refractivity contribution in [1.82, 2.24) is 9.80 Å². The van der Waals surface area contributed by atoms with Gasteiger partial charge in [0, 0.05) is 26.2 Å². The fourth-order valence-corrected chi connectivity index (χ4v) is 2.62. The summed E-state index contributed by atoms with van der Waals surface area (Å²) < 4.78 is 38.1. The summed E-state index contributed by atoms with van der Waals surface area (Å²) >= 11 is 0. The molecule has 1 N–H and O–H groups in total. The third kappa shape index (κ3) is 6.69. The maximum atomic E-state index is 12.7. The molecule has 0 radical (unpaired) electrons. The molecule has 0 unspecified atom stereocenters. The molecule has 2 aromatic rings. The summed E-state index contributed by atoms with van der Waals surface area (Å²) in [5, 5.41) is 8.98. The number of aromatic carboxylic acids is 1. The van der Waals surface area contributed by atoms with Crippen LogP contribution in [0.2, 0.25) is 0 Å². The zero-order valence-electron chi connectivity index (χ0n) is 15.3. The van der Waals surface area contributed by atoms with Crippen LogP contribution in [0.4, 0.5) is 13.2 Å². The van der Waals surface area contributed by atoms with Gasteiger partial charge in [-0.15, -0.1) is 0 Å². The second-order valence-corrected chi connectivity index (χ2v) is 6.71. The summed E-state index contributed by atoms with van der Waals surface area (Å²) in [5.41, 5.74) is 1.31. The van der Waals surface area contributed by atoms with E-state index >= 15 is 0 Å². The monoisotopic (exact) mass is 380 g/mol. The van der Waals surface area contributed by atoms with Gasteiger partial charge in [-0.05, 0) is 49.5 Å². The molecule has 4 nitrogen and oxygen atoms in total. The first kappa shape index (κ1) is 20.9. The Kier molecular flexibility index (Phi) is 6.98. The molecule has 0 heterocycles. The van der Waals surface area contributed by atoms with Gasteiger partial charge in [-0.3, -0.25) is 4.90 Å². The molecule has 0 aliphatic carbocycles. The van der Waals surface area contributed by atoms with E-state index in [4.69, 9.17) is 5.11 Å². The Morgan fingerprint density at radius 1 is 0.889 bits per heavy atom. The maximum absolute atomic E-state index is 12.7. The number of hydrogen-bond donors (Lipinski definition) is 1. The average Bonchev–Trinajstić information content (AvgIpc) is 2.60. The van der Waals surface area contributed by atoms with E-state index in [2.05, 4.69) is 4.90 Å². The lowest BCUT2D eigenvalue weighted by molar-refractivity contribution is -0.137. The van der Waals surface area contributed by atoms with Crippen molar-refractivity contribution < 1.29 is 23.1 Å². The smallest absolute Gasteiger partial charge is 0.416 e. The van der Waals surface area contributed by atoms with Gasteiger partial charge in [-0.1, -0.05) is 24.3 Å². The van der Waals surface area contributed by atoms with Gasteiger partial charge in [-0.25, -0.2) is 4.79 Å². The summed E-state index contributed by atoms with van der Waals surface area (Å²) in [5.74, 6) is -0.976. The van der Waals surface area contributed by atoms with E-state index in [1.165, 1.54) is 12.1 Å². The molecule has 27 heavy (non-hydrogen) atoms. The topological polar surface area (TPSA) is 43.8 Å². The minimum atomic E-state index is -4.34. The lowest BCUT2D eigenvalue weighted by Crippen LogP contribution is -2.31. The molecule has 2 rings (SSSR count). The quantitative estimate of drug-likeness (QED) is 0.753. The summed E-state index contributed by atoms with van der Waals surface area (Å²) in [6.45, 7) is 2.62. The van der Waals surface area contributed by atoms with Gasteiger partial charge in [0.2, 0.25) is 0 Å². The molecule has 0 atom stereocenters. The average molecular weight is 380 g/mol. The first-order valence-electron chi connectivity index (χ1n) is 8.50. The van der Waals surface area contributed by atoms with E-state index in [0.29, 0.717) is 13.1 Å². The van der Waals surface area contributed by atoms with Crippen LogP contribution in [0.5, 0.6) is 0 Å². The highest BCUT2D eigenvalue weighted by molar-refractivity contribution is 5.87. The van der Waals surface area contributed by atoms with Crippen molar-refractivity contribution in [2.45, 2.75) is 19.3 Å². The molecule has 0 aromatic heterocycles. The molecule has 0 aliphatic rings. The van der Waals surface area contributed by atoms with Crippen LogP contribution in [-0.4, -0.2) is 48.1 Å². The number of benzene rings is 2. The molecular formula is C20H23F3N2O2. The van der Waals surface area contributed by atoms with Crippen LogP contribution in [0.1, 0.15) is 27.0 Å². The zero-order valence-corrected chi connectivity index (χ0v) is 15.3. The van der Waals surface area contributed by atoms with Crippen molar-refractivity contribution in [1.29, 1.82) is 0 Å². The molecule has 0 saturated carbocycles. The van der Waals surface area contributed by atoms with Gasteiger partial charge < -0.3 is 10.0 Å². The van der Waals surface area contributed by atoms with Crippen LogP contribution in [0, 0.1) is 0 Å². The molecule has 0 bridgehead atoms. The predicted molar refractivity (Wildman–Crippen MR) is 97.5 cm³/mol. The third-order valence-corrected chi connectivity index (χ3v) is 4.16. The van der Waals surface area contributed by atoms with Gasteiger partial charge in [0.1, 0.15) is 0 Å². The Hall–Kier alpha value is -2.38. The van der Waals surface area contributed by atoms with Gasteiger partial charge in [0.15, 0.2) is 0 Å². The SMILES string of the molecule is CN(C)CCN(Cc1ccc(C(=O)O)cc1)Cc1ccc(C(F)(F)F)cc1. The largest absolute Gasteiger partial charge is 0.478 e. The molecular weight excluding hydrogens is 357 g/mol. The Bertz CT molecular complexity index is 741.